The summed E-state index contributed by atoms with van der Waals surface area (Å²) >= 11 is 0. The predicted molar refractivity (Wildman–Crippen MR) is 67.7 cm³/mol. The summed E-state index contributed by atoms with van der Waals surface area (Å²) in [7, 11) is 0. The van der Waals surface area contributed by atoms with Crippen molar-refractivity contribution in [3.05, 3.63) is 52.2 Å². The smallest absolute Gasteiger partial charge is 0.314 e. The summed E-state index contributed by atoms with van der Waals surface area (Å²) in [6.07, 6.45) is 2.17. The Kier molecular flexibility index (Phi) is 3.88. The van der Waals surface area contributed by atoms with Gasteiger partial charge in [-0.25, -0.2) is 14.4 Å². The van der Waals surface area contributed by atoms with E-state index in [0.29, 0.717) is 0 Å². The van der Waals surface area contributed by atoms with Crippen LogP contribution in [0.1, 0.15) is 5.69 Å². The third kappa shape index (κ3) is 3.00. The largest absolute Gasteiger partial charge is 0.427 e. The number of ether oxygens (including phenoxy) is 1. The normalized spacial score (nSPS) is 11.2. The van der Waals surface area contributed by atoms with Gasteiger partial charge in [-0.2, -0.15) is 0 Å². The highest BCUT2D eigenvalue weighted by molar-refractivity contribution is 5.94. The van der Waals surface area contributed by atoms with Crippen LogP contribution < -0.4 is 10.5 Å². The van der Waals surface area contributed by atoms with Gasteiger partial charge in [0.15, 0.2) is 11.7 Å². The molecular weight excluding hydrogens is 285 g/mol. The summed E-state index contributed by atoms with van der Waals surface area (Å²) in [5.41, 5.74) is 4.81. The first-order chi connectivity index (χ1) is 10.0. The van der Waals surface area contributed by atoms with E-state index in [9.17, 15) is 14.5 Å². The van der Waals surface area contributed by atoms with Gasteiger partial charge in [-0.3, -0.25) is 10.1 Å². The highest BCUT2D eigenvalue weighted by Crippen LogP contribution is 2.32. The van der Waals surface area contributed by atoms with Gasteiger partial charge in [-0.05, 0) is 6.07 Å². The van der Waals surface area contributed by atoms with Crippen LogP contribution in [0.4, 0.5) is 10.1 Å². The second-order valence-corrected chi connectivity index (χ2v) is 3.67. The molecule has 3 N–H and O–H groups in total. The van der Waals surface area contributed by atoms with Crippen molar-refractivity contribution < 1.29 is 19.3 Å². The van der Waals surface area contributed by atoms with E-state index in [-0.39, 0.29) is 17.4 Å². The molecule has 1 aromatic heterocycles. The molecule has 0 saturated heterocycles. The minimum atomic E-state index is -0.911. The first kappa shape index (κ1) is 14.1. The molecule has 108 valence electrons. The second-order valence-electron chi connectivity index (χ2n) is 3.67. The minimum absolute atomic E-state index is 0.0629. The number of benzene rings is 1. The Hall–Kier alpha value is -3.30. The number of halogens is 1. The molecule has 9 nitrogen and oxygen atoms in total. The van der Waals surface area contributed by atoms with Crippen LogP contribution in [0, 0.1) is 15.9 Å². The Balaban J connectivity index is 2.33. The number of nitro benzene ring substituents is 1. The molecule has 0 amide bonds. The number of nitrogens with zero attached hydrogens (tertiary/aromatic N) is 4. The van der Waals surface area contributed by atoms with Crippen molar-refractivity contribution in [3.63, 3.8) is 0 Å². The van der Waals surface area contributed by atoms with Crippen molar-refractivity contribution in [2.24, 2.45) is 10.9 Å². The van der Waals surface area contributed by atoms with E-state index < -0.39 is 22.2 Å². The number of nitro groups is 1. The van der Waals surface area contributed by atoms with Crippen LogP contribution in [0.3, 0.4) is 0 Å². The standard InChI is InChI=1S/C11H8FN5O4/c12-6-2-1-3-8(17(19)20)10(6)21-9-5-14-7(4-15-9)11(13)16-18/h1-5,18H,(H2,13,16). The zero-order valence-electron chi connectivity index (χ0n) is 10.3. The van der Waals surface area contributed by atoms with Crippen LogP contribution in [0.2, 0.25) is 0 Å². The Bertz CT molecular complexity index is 704. The van der Waals surface area contributed by atoms with Crippen LogP contribution in [-0.4, -0.2) is 25.9 Å². The first-order valence-corrected chi connectivity index (χ1v) is 5.43. The van der Waals surface area contributed by atoms with Crippen molar-refractivity contribution >= 4 is 11.5 Å². The fourth-order valence-corrected chi connectivity index (χ4v) is 1.40. The molecule has 2 aromatic rings. The molecule has 1 aromatic carbocycles. The van der Waals surface area contributed by atoms with Crippen LogP contribution >= 0.6 is 0 Å². The van der Waals surface area contributed by atoms with E-state index in [0.717, 1.165) is 24.5 Å². The monoisotopic (exact) mass is 293 g/mol. The summed E-state index contributed by atoms with van der Waals surface area (Å²) in [5.74, 6) is -1.94. The van der Waals surface area contributed by atoms with Gasteiger partial charge < -0.3 is 15.7 Å². The van der Waals surface area contributed by atoms with Gasteiger partial charge in [0.25, 0.3) is 0 Å². The first-order valence-electron chi connectivity index (χ1n) is 5.43. The molecule has 0 aliphatic carbocycles. The topological polar surface area (TPSA) is 137 Å². The molecular formula is C11H8FN5O4. The molecule has 0 unspecified atom stereocenters. The molecule has 2 rings (SSSR count). The molecule has 21 heavy (non-hydrogen) atoms. The van der Waals surface area contributed by atoms with Crippen molar-refractivity contribution in [1.82, 2.24) is 9.97 Å². The van der Waals surface area contributed by atoms with Gasteiger partial charge >= 0.3 is 5.69 Å². The Labute approximate surface area is 116 Å². The van der Waals surface area contributed by atoms with Crippen molar-refractivity contribution in [3.8, 4) is 11.6 Å². The molecule has 0 fully saturated rings. The lowest BCUT2D eigenvalue weighted by Gasteiger charge is -2.06. The van der Waals surface area contributed by atoms with Crippen LogP contribution in [0.15, 0.2) is 35.7 Å². The van der Waals surface area contributed by atoms with Crippen LogP contribution in [0.25, 0.3) is 0 Å². The molecule has 0 atom stereocenters. The summed E-state index contributed by atoms with van der Waals surface area (Å²) in [6.45, 7) is 0. The van der Waals surface area contributed by atoms with Crippen LogP contribution in [0.5, 0.6) is 11.6 Å². The van der Waals surface area contributed by atoms with Gasteiger partial charge in [0.1, 0.15) is 5.69 Å². The minimum Gasteiger partial charge on any atom is -0.427 e. The summed E-state index contributed by atoms with van der Waals surface area (Å²) in [4.78, 5) is 17.5. The second kappa shape index (κ2) is 5.77. The van der Waals surface area contributed by atoms with Gasteiger partial charge in [-0.1, -0.05) is 11.2 Å². The lowest BCUT2D eigenvalue weighted by Crippen LogP contribution is -2.15. The van der Waals surface area contributed by atoms with Crippen molar-refractivity contribution in [2.45, 2.75) is 0 Å². The number of rotatable bonds is 4. The highest BCUT2D eigenvalue weighted by Gasteiger charge is 2.20. The number of para-hydroxylation sites is 1. The fourth-order valence-electron chi connectivity index (χ4n) is 1.40. The molecule has 0 saturated carbocycles. The molecule has 0 bridgehead atoms. The van der Waals surface area contributed by atoms with Crippen molar-refractivity contribution in [1.29, 1.82) is 0 Å². The van der Waals surface area contributed by atoms with E-state index in [1.54, 1.807) is 0 Å². The number of oxime groups is 1. The number of hydrogen-bond acceptors (Lipinski definition) is 7. The van der Waals surface area contributed by atoms with E-state index in [1.807, 2.05) is 0 Å². The average molecular weight is 293 g/mol. The highest BCUT2D eigenvalue weighted by atomic mass is 19.1. The van der Waals surface area contributed by atoms with Gasteiger partial charge in [0.05, 0.1) is 17.3 Å². The molecule has 0 aliphatic heterocycles. The van der Waals surface area contributed by atoms with Gasteiger partial charge in [0.2, 0.25) is 11.6 Å². The van der Waals surface area contributed by atoms with E-state index in [1.165, 1.54) is 6.07 Å². The zero-order chi connectivity index (χ0) is 15.4. The maximum Gasteiger partial charge on any atom is 0.314 e. The number of amidine groups is 1. The Morgan fingerprint density at radius 3 is 2.76 bits per heavy atom. The Morgan fingerprint density at radius 2 is 2.19 bits per heavy atom. The Morgan fingerprint density at radius 1 is 1.43 bits per heavy atom. The fraction of sp³-hybridized carbons (Fsp3) is 0. The quantitative estimate of drug-likeness (QED) is 0.286. The third-order valence-corrected chi connectivity index (χ3v) is 2.35. The van der Waals surface area contributed by atoms with E-state index in [2.05, 4.69) is 15.1 Å². The lowest BCUT2D eigenvalue weighted by atomic mass is 10.3. The van der Waals surface area contributed by atoms with Gasteiger partial charge in [-0.15, -0.1) is 0 Å². The van der Waals surface area contributed by atoms with Gasteiger partial charge in [0, 0.05) is 6.07 Å². The lowest BCUT2D eigenvalue weighted by molar-refractivity contribution is -0.385. The molecule has 0 radical (unpaired) electrons. The maximum atomic E-state index is 13.6. The zero-order valence-corrected chi connectivity index (χ0v) is 10.3. The van der Waals surface area contributed by atoms with E-state index >= 15 is 0 Å². The number of aromatic nitrogens is 2. The molecule has 1 heterocycles. The summed E-state index contributed by atoms with van der Waals surface area (Å²) < 4.78 is 18.6. The summed E-state index contributed by atoms with van der Waals surface area (Å²) in [6, 6.07) is 3.30. The number of hydrogen-bond donors (Lipinski definition) is 2. The molecule has 10 heteroatoms. The van der Waals surface area contributed by atoms with Crippen molar-refractivity contribution in [2.75, 3.05) is 0 Å². The summed E-state index contributed by atoms with van der Waals surface area (Å²) in [5, 5.41) is 22.0. The molecule has 0 aliphatic rings. The third-order valence-electron chi connectivity index (χ3n) is 2.35. The molecule has 0 spiro atoms. The number of nitrogens with two attached hydrogens (primary N) is 1. The van der Waals surface area contributed by atoms with E-state index in [4.69, 9.17) is 15.7 Å². The maximum absolute atomic E-state index is 13.6. The average Bonchev–Trinajstić information content (AvgIpc) is 2.49. The SMILES string of the molecule is N/C(=N/O)c1cnc(Oc2c(F)cccc2[N+](=O)[O-])cn1. The van der Waals surface area contributed by atoms with Crippen LogP contribution in [-0.2, 0) is 0 Å². The predicted octanol–water partition coefficient (Wildman–Crippen LogP) is 1.41.